The van der Waals surface area contributed by atoms with Gasteiger partial charge in [0.25, 0.3) is 0 Å². The molecule has 1 unspecified atom stereocenters. The molecule has 0 fully saturated rings. The number of hydrogen-bond acceptors (Lipinski definition) is 2. The van der Waals surface area contributed by atoms with Gasteiger partial charge < -0.3 is 9.84 Å². The average molecular weight is 349 g/mol. The van der Waals surface area contributed by atoms with E-state index in [1.54, 1.807) is 6.92 Å². The molecule has 112 valence electrons. The minimum Gasteiger partial charge on any atom is -0.456 e. The molecule has 1 atom stereocenters. The van der Waals surface area contributed by atoms with E-state index in [2.05, 4.69) is 48.8 Å². The maximum Gasteiger partial charge on any atom is 0.141 e. The lowest BCUT2D eigenvalue weighted by atomic mass is 9.98. The predicted molar refractivity (Wildman–Crippen MR) is 90.1 cm³/mol. The molecule has 21 heavy (non-hydrogen) atoms. The third kappa shape index (κ3) is 3.86. The van der Waals surface area contributed by atoms with Crippen LogP contribution in [0.25, 0.3) is 0 Å². The first-order valence-corrected chi connectivity index (χ1v) is 7.93. The highest BCUT2D eigenvalue weighted by atomic mass is 79.9. The van der Waals surface area contributed by atoms with Crippen molar-refractivity contribution in [2.24, 2.45) is 0 Å². The van der Waals surface area contributed by atoms with Crippen LogP contribution in [-0.2, 0) is 0 Å². The van der Waals surface area contributed by atoms with Crippen molar-refractivity contribution >= 4 is 15.9 Å². The van der Waals surface area contributed by atoms with Crippen molar-refractivity contribution in [3.63, 3.8) is 0 Å². The highest BCUT2D eigenvalue weighted by Crippen LogP contribution is 2.33. The Labute approximate surface area is 134 Å². The molecule has 0 heterocycles. The first-order chi connectivity index (χ1) is 9.88. The van der Waals surface area contributed by atoms with Gasteiger partial charge in [-0.05, 0) is 76.7 Å². The average Bonchev–Trinajstić information content (AvgIpc) is 2.40. The van der Waals surface area contributed by atoms with Gasteiger partial charge in [0.1, 0.15) is 11.5 Å². The molecule has 2 aromatic rings. The molecule has 0 bridgehead atoms. The Morgan fingerprint density at radius 2 is 1.76 bits per heavy atom. The van der Waals surface area contributed by atoms with Gasteiger partial charge in [-0.15, -0.1) is 0 Å². The van der Waals surface area contributed by atoms with Crippen LogP contribution in [0.4, 0.5) is 0 Å². The lowest BCUT2D eigenvalue weighted by Crippen LogP contribution is -1.94. The van der Waals surface area contributed by atoms with Crippen LogP contribution >= 0.6 is 15.9 Å². The molecular weight excluding hydrogens is 328 g/mol. The van der Waals surface area contributed by atoms with E-state index >= 15 is 0 Å². The van der Waals surface area contributed by atoms with Gasteiger partial charge in [0.15, 0.2) is 0 Å². The van der Waals surface area contributed by atoms with E-state index in [1.165, 1.54) is 11.1 Å². The topological polar surface area (TPSA) is 29.5 Å². The van der Waals surface area contributed by atoms with E-state index in [0.29, 0.717) is 5.92 Å². The molecule has 0 spiro atoms. The summed E-state index contributed by atoms with van der Waals surface area (Å²) in [6.45, 7) is 8.23. The van der Waals surface area contributed by atoms with Crippen LogP contribution in [0, 0.1) is 6.92 Å². The van der Waals surface area contributed by atoms with E-state index in [9.17, 15) is 5.11 Å². The number of aliphatic hydroxyl groups excluding tert-OH is 1. The number of hydrogen-bond donors (Lipinski definition) is 1. The van der Waals surface area contributed by atoms with Gasteiger partial charge in [0, 0.05) is 0 Å². The van der Waals surface area contributed by atoms with Gasteiger partial charge in [0.2, 0.25) is 0 Å². The summed E-state index contributed by atoms with van der Waals surface area (Å²) in [6.07, 6.45) is -0.483. The van der Waals surface area contributed by atoms with Crippen molar-refractivity contribution in [1.29, 1.82) is 0 Å². The van der Waals surface area contributed by atoms with E-state index < -0.39 is 6.10 Å². The van der Waals surface area contributed by atoms with Crippen LogP contribution in [0.2, 0.25) is 0 Å². The number of ether oxygens (including phenoxy) is 1. The number of rotatable bonds is 4. The monoisotopic (exact) mass is 348 g/mol. The lowest BCUT2D eigenvalue weighted by molar-refractivity contribution is 0.199. The molecule has 0 radical (unpaired) electrons. The number of aryl methyl sites for hydroxylation is 1. The predicted octanol–water partition coefficient (Wildman–Crippen LogP) is 5.73. The van der Waals surface area contributed by atoms with Gasteiger partial charge in [-0.25, -0.2) is 0 Å². The fourth-order valence-corrected chi connectivity index (χ4v) is 2.82. The van der Waals surface area contributed by atoms with Crippen LogP contribution in [0.5, 0.6) is 11.5 Å². The van der Waals surface area contributed by atoms with Crippen molar-refractivity contribution in [3.05, 3.63) is 57.6 Å². The minimum atomic E-state index is -0.483. The molecule has 0 aliphatic carbocycles. The standard InChI is InChI=1S/C18H21BrO2/c1-11(2)16-7-6-15(9-12(16)3)21-18-8-5-14(13(4)20)10-17(18)19/h5-11,13,20H,1-4H3. The van der Waals surface area contributed by atoms with Crippen molar-refractivity contribution in [2.75, 3.05) is 0 Å². The largest absolute Gasteiger partial charge is 0.456 e. The summed E-state index contributed by atoms with van der Waals surface area (Å²) in [7, 11) is 0. The number of aliphatic hydroxyl groups is 1. The highest BCUT2D eigenvalue weighted by Gasteiger charge is 2.09. The maximum absolute atomic E-state index is 9.59. The molecule has 1 N–H and O–H groups in total. The Bertz CT molecular complexity index is 633. The van der Waals surface area contributed by atoms with Crippen LogP contribution in [0.15, 0.2) is 40.9 Å². The summed E-state index contributed by atoms with van der Waals surface area (Å²) in [5.41, 5.74) is 3.44. The molecule has 0 aliphatic rings. The second-order valence-electron chi connectivity index (χ2n) is 5.64. The van der Waals surface area contributed by atoms with Gasteiger partial charge in [-0.1, -0.05) is 26.0 Å². The van der Waals surface area contributed by atoms with Crippen LogP contribution in [-0.4, -0.2) is 5.11 Å². The number of halogens is 1. The Morgan fingerprint density at radius 3 is 2.29 bits per heavy atom. The molecule has 3 heteroatoms. The molecule has 2 aromatic carbocycles. The summed E-state index contributed by atoms with van der Waals surface area (Å²) in [4.78, 5) is 0. The lowest BCUT2D eigenvalue weighted by Gasteiger charge is -2.14. The van der Waals surface area contributed by atoms with Gasteiger partial charge in [-0.3, -0.25) is 0 Å². The SMILES string of the molecule is Cc1cc(Oc2ccc(C(C)O)cc2Br)ccc1C(C)C. The minimum absolute atomic E-state index is 0.483. The third-order valence-electron chi connectivity index (χ3n) is 3.53. The second-order valence-corrected chi connectivity index (χ2v) is 6.50. The van der Waals surface area contributed by atoms with Gasteiger partial charge >= 0.3 is 0 Å². The smallest absolute Gasteiger partial charge is 0.141 e. The zero-order valence-corrected chi connectivity index (χ0v) is 14.4. The van der Waals surface area contributed by atoms with Crippen LogP contribution in [0.1, 0.15) is 49.5 Å². The Morgan fingerprint density at radius 1 is 1.05 bits per heavy atom. The van der Waals surface area contributed by atoms with Crippen LogP contribution in [0.3, 0.4) is 0 Å². The van der Waals surface area contributed by atoms with Crippen molar-refractivity contribution < 1.29 is 9.84 Å². The fourth-order valence-electron chi connectivity index (χ4n) is 2.35. The Kier molecular flexibility index (Phi) is 5.07. The number of benzene rings is 2. The normalized spacial score (nSPS) is 12.5. The summed E-state index contributed by atoms with van der Waals surface area (Å²) in [5.74, 6) is 2.08. The summed E-state index contributed by atoms with van der Waals surface area (Å²) in [6, 6.07) is 11.8. The zero-order chi connectivity index (χ0) is 15.6. The van der Waals surface area contributed by atoms with Crippen molar-refractivity contribution in [1.82, 2.24) is 0 Å². The van der Waals surface area contributed by atoms with Gasteiger partial charge in [-0.2, -0.15) is 0 Å². The first kappa shape index (κ1) is 16.1. The third-order valence-corrected chi connectivity index (χ3v) is 4.15. The van der Waals surface area contributed by atoms with Gasteiger partial charge in [0.05, 0.1) is 10.6 Å². The summed E-state index contributed by atoms with van der Waals surface area (Å²) < 4.78 is 6.77. The maximum atomic E-state index is 9.59. The van der Waals surface area contributed by atoms with E-state index in [-0.39, 0.29) is 0 Å². The first-order valence-electron chi connectivity index (χ1n) is 7.14. The molecule has 0 saturated heterocycles. The van der Waals surface area contributed by atoms with Crippen molar-refractivity contribution in [2.45, 2.75) is 39.7 Å². The Hall–Kier alpha value is -1.32. The molecule has 2 nitrogen and oxygen atoms in total. The molecular formula is C18H21BrO2. The molecule has 0 saturated carbocycles. The van der Waals surface area contributed by atoms with E-state index in [1.807, 2.05) is 24.3 Å². The summed E-state index contributed by atoms with van der Waals surface area (Å²) in [5, 5.41) is 9.59. The second kappa shape index (κ2) is 6.63. The molecule has 0 aromatic heterocycles. The summed E-state index contributed by atoms with van der Waals surface area (Å²) >= 11 is 3.49. The molecule has 0 aliphatic heterocycles. The van der Waals surface area contributed by atoms with E-state index in [4.69, 9.17) is 4.74 Å². The van der Waals surface area contributed by atoms with Crippen LogP contribution < -0.4 is 4.74 Å². The molecule has 2 rings (SSSR count). The van der Waals surface area contributed by atoms with Crippen molar-refractivity contribution in [3.8, 4) is 11.5 Å². The molecule has 0 amide bonds. The Balaban J connectivity index is 2.24. The fraction of sp³-hybridized carbons (Fsp3) is 0.333. The highest BCUT2D eigenvalue weighted by molar-refractivity contribution is 9.10. The zero-order valence-electron chi connectivity index (χ0n) is 12.9. The quantitative estimate of drug-likeness (QED) is 0.764. The van der Waals surface area contributed by atoms with E-state index in [0.717, 1.165) is 21.5 Å².